The van der Waals surface area contributed by atoms with Gasteiger partial charge in [-0.3, -0.25) is 25.9 Å². The first-order valence-electron chi connectivity index (χ1n) is 5.56. The SMILES string of the molecule is CN(C(=N)NN1C=CC=CC1)N1C=CC=CC1. The predicted octanol–water partition coefficient (Wildman–Crippen LogP) is 1.04. The Morgan fingerprint density at radius 2 is 1.82 bits per heavy atom. The first-order chi connectivity index (χ1) is 8.27. The summed E-state index contributed by atoms with van der Waals surface area (Å²) in [6.07, 6.45) is 15.8. The lowest BCUT2D eigenvalue weighted by Gasteiger charge is -2.35. The molecule has 0 fully saturated rings. The van der Waals surface area contributed by atoms with E-state index in [1.807, 2.05) is 65.9 Å². The van der Waals surface area contributed by atoms with Crippen molar-refractivity contribution >= 4 is 5.96 Å². The Morgan fingerprint density at radius 1 is 1.12 bits per heavy atom. The van der Waals surface area contributed by atoms with Crippen LogP contribution in [0.4, 0.5) is 0 Å². The number of guanidine groups is 1. The van der Waals surface area contributed by atoms with Crippen LogP contribution in [0.15, 0.2) is 48.9 Å². The smallest absolute Gasteiger partial charge is 0.229 e. The van der Waals surface area contributed by atoms with E-state index < -0.39 is 0 Å². The Bertz CT molecular complexity index is 394. The first kappa shape index (κ1) is 11.3. The van der Waals surface area contributed by atoms with Crippen LogP contribution < -0.4 is 5.43 Å². The average molecular weight is 231 g/mol. The van der Waals surface area contributed by atoms with Gasteiger partial charge in [0, 0.05) is 19.4 Å². The lowest BCUT2D eigenvalue weighted by Crippen LogP contribution is -2.51. The largest absolute Gasteiger partial charge is 0.289 e. The summed E-state index contributed by atoms with van der Waals surface area (Å²) in [5.41, 5.74) is 3.02. The highest BCUT2D eigenvalue weighted by Gasteiger charge is 2.12. The molecule has 0 saturated heterocycles. The summed E-state index contributed by atoms with van der Waals surface area (Å²) in [4.78, 5) is 0. The molecule has 2 N–H and O–H groups in total. The van der Waals surface area contributed by atoms with Gasteiger partial charge in [-0.05, 0) is 12.2 Å². The highest BCUT2D eigenvalue weighted by atomic mass is 15.7. The van der Waals surface area contributed by atoms with Gasteiger partial charge in [0.05, 0.1) is 13.1 Å². The van der Waals surface area contributed by atoms with Crippen molar-refractivity contribution in [3.8, 4) is 0 Å². The van der Waals surface area contributed by atoms with E-state index in [9.17, 15) is 0 Å². The van der Waals surface area contributed by atoms with Crippen molar-refractivity contribution in [2.45, 2.75) is 0 Å². The molecule has 2 aliphatic heterocycles. The monoisotopic (exact) mass is 231 g/mol. The summed E-state index contributed by atoms with van der Waals surface area (Å²) >= 11 is 0. The third-order valence-corrected chi connectivity index (χ3v) is 2.57. The fraction of sp³-hybridized carbons (Fsp3) is 0.250. The maximum Gasteiger partial charge on any atom is 0.229 e. The normalized spacial score (nSPS) is 17.5. The van der Waals surface area contributed by atoms with Gasteiger partial charge in [-0.1, -0.05) is 24.3 Å². The van der Waals surface area contributed by atoms with E-state index in [4.69, 9.17) is 5.41 Å². The number of nitrogens with one attached hydrogen (secondary N) is 2. The van der Waals surface area contributed by atoms with E-state index in [-0.39, 0.29) is 0 Å². The summed E-state index contributed by atoms with van der Waals surface area (Å²) in [5.74, 6) is 0.338. The highest BCUT2D eigenvalue weighted by molar-refractivity contribution is 5.75. The van der Waals surface area contributed by atoms with Crippen LogP contribution in [0.2, 0.25) is 0 Å². The fourth-order valence-electron chi connectivity index (χ4n) is 1.57. The number of allylic oxidation sites excluding steroid dienone is 4. The van der Waals surface area contributed by atoms with Crippen LogP contribution in [-0.4, -0.2) is 41.1 Å². The molecular formula is C12H17N5. The third kappa shape index (κ3) is 2.90. The molecule has 90 valence electrons. The van der Waals surface area contributed by atoms with E-state index in [1.54, 1.807) is 5.01 Å². The molecule has 0 atom stereocenters. The molecule has 0 unspecified atom stereocenters. The molecule has 17 heavy (non-hydrogen) atoms. The molecule has 0 aromatic rings. The van der Waals surface area contributed by atoms with Crippen molar-refractivity contribution in [2.75, 3.05) is 20.1 Å². The van der Waals surface area contributed by atoms with Crippen LogP contribution in [0.5, 0.6) is 0 Å². The second-order valence-corrected chi connectivity index (χ2v) is 3.80. The van der Waals surface area contributed by atoms with Gasteiger partial charge in [0.15, 0.2) is 0 Å². The van der Waals surface area contributed by atoms with Crippen molar-refractivity contribution in [1.29, 1.82) is 5.41 Å². The van der Waals surface area contributed by atoms with Crippen LogP contribution >= 0.6 is 0 Å². The number of hydrazine groups is 2. The maximum atomic E-state index is 7.98. The number of nitrogens with zero attached hydrogens (tertiary/aromatic N) is 3. The van der Waals surface area contributed by atoms with Crippen molar-refractivity contribution in [3.63, 3.8) is 0 Å². The zero-order valence-corrected chi connectivity index (χ0v) is 9.87. The molecule has 0 radical (unpaired) electrons. The predicted molar refractivity (Wildman–Crippen MR) is 68.6 cm³/mol. The zero-order chi connectivity index (χ0) is 12.1. The van der Waals surface area contributed by atoms with E-state index >= 15 is 0 Å². The molecule has 0 aromatic carbocycles. The molecule has 0 amide bonds. The van der Waals surface area contributed by atoms with Gasteiger partial charge >= 0.3 is 0 Å². The third-order valence-electron chi connectivity index (χ3n) is 2.57. The molecule has 0 bridgehead atoms. The van der Waals surface area contributed by atoms with Crippen LogP contribution in [0, 0.1) is 5.41 Å². The number of rotatable bonds is 2. The van der Waals surface area contributed by atoms with Gasteiger partial charge in [-0.15, -0.1) is 0 Å². The first-order valence-corrected chi connectivity index (χ1v) is 5.56. The summed E-state index contributed by atoms with van der Waals surface area (Å²) in [5, 5.41) is 13.6. The van der Waals surface area contributed by atoms with Gasteiger partial charge < -0.3 is 0 Å². The van der Waals surface area contributed by atoms with Crippen molar-refractivity contribution in [3.05, 3.63) is 48.9 Å². The number of hydrogen-bond donors (Lipinski definition) is 2. The molecule has 0 aliphatic carbocycles. The fourth-order valence-corrected chi connectivity index (χ4v) is 1.57. The molecule has 5 heteroatoms. The van der Waals surface area contributed by atoms with Crippen molar-refractivity contribution in [1.82, 2.24) is 20.5 Å². The van der Waals surface area contributed by atoms with E-state index in [1.165, 1.54) is 0 Å². The summed E-state index contributed by atoms with van der Waals surface area (Å²) < 4.78 is 0. The lowest BCUT2D eigenvalue weighted by molar-refractivity contribution is 0.134. The Labute approximate surface area is 101 Å². The highest BCUT2D eigenvalue weighted by Crippen LogP contribution is 2.02. The minimum atomic E-state index is 0.338. The van der Waals surface area contributed by atoms with Gasteiger partial charge in [-0.2, -0.15) is 0 Å². The summed E-state index contributed by atoms with van der Waals surface area (Å²) in [6.45, 7) is 1.55. The second-order valence-electron chi connectivity index (χ2n) is 3.80. The molecule has 0 spiro atoms. The minimum absolute atomic E-state index is 0.338. The van der Waals surface area contributed by atoms with Crippen molar-refractivity contribution < 1.29 is 0 Å². The van der Waals surface area contributed by atoms with Crippen molar-refractivity contribution in [2.24, 2.45) is 0 Å². The quantitative estimate of drug-likeness (QED) is 0.550. The molecule has 0 aromatic heterocycles. The Kier molecular flexibility index (Phi) is 3.49. The van der Waals surface area contributed by atoms with Gasteiger partial charge in [0.25, 0.3) is 0 Å². The van der Waals surface area contributed by atoms with E-state index in [0.717, 1.165) is 13.1 Å². The number of hydrogen-bond acceptors (Lipinski definition) is 3. The molecule has 2 rings (SSSR count). The Morgan fingerprint density at radius 3 is 2.41 bits per heavy atom. The standard InChI is InChI=1S/C12H17N5/c1-15(17-10-6-3-7-11-17)12(13)14-16-8-4-2-5-9-16/h2-8,10H,9,11H2,1H3,(H2,13,14). The van der Waals surface area contributed by atoms with Crippen LogP contribution in [0.3, 0.4) is 0 Å². The summed E-state index contributed by atoms with van der Waals surface area (Å²) in [6, 6.07) is 0. The second kappa shape index (κ2) is 5.25. The zero-order valence-electron chi connectivity index (χ0n) is 9.87. The van der Waals surface area contributed by atoms with Crippen LogP contribution in [0.25, 0.3) is 0 Å². The van der Waals surface area contributed by atoms with Gasteiger partial charge in [-0.25, -0.2) is 0 Å². The molecule has 5 nitrogen and oxygen atoms in total. The van der Waals surface area contributed by atoms with E-state index in [2.05, 4.69) is 5.43 Å². The lowest BCUT2D eigenvalue weighted by atomic mass is 10.4. The molecule has 2 heterocycles. The Hall–Kier alpha value is -2.17. The maximum absolute atomic E-state index is 7.98. The Balaban J connectivity index is 1.86. The molecule has 0 saturated carbocycles. The molecular weight excluding hydrogens is 214 g/mol. The van der Waals surface area contributed by atoms with Gasteiger partial charge in [0.1, 0.15) is 0 Å². The average Bonchev–Trinajstić information content (AvgIpc) is 2.40. The van der Waals surface area contributed by atoms with Crippen LogP contribution in [-0.2, 0) is 0 Å². The minimum Gasteiger partial charge on any atom is -0.289 e. The molecule has 2 aliphatic rings. The van der Waals surface area contributed by atoms with Gasteiger partial charge in [0.2, 0.25) is 5.96 Å². The van der Waals surface area contributed by atoms with E-state index in [0.29, 0.717) is 5.96 Å². The topological polar surface area (TPSA) is 45.6 Å². The summed E-state index contributed by atoms with van der Waals surface area (Å²) in [7, 11) is 1.86. The van der Waals surface area contributed by atoms with Crippen LogP contribution in [0.1, 0.15) is 0 Å².